The average Bonchev–Trinajstić information content (AvgIpc) is 3.33. The van der Waals surface area contributed by atoms with Crippen molar-refractivity contribution >= 4 is 21.2 Å². The van der Waals surface area contributed by atoms with Crippen molar-refractivity contribution in [1.82, 2.24) is 14.8 Å². The lowest BCUT2D eigenvalue weighted by molar-refractivity contribution is -0.140. The number of aryl methyl sites for hydroxylation is 1. The van der Waals surface area contributed by atoms with Crippen molar-refractivity contribution in [3.8, 4) is 28.1 Å². The van der Waals surface area contributed by atoms with Crippen molar-refractivity contribution in [2.45, 2.75) is 18.0 Å². The molecule has 0 spiro atoms. The number of nitrogens with zero attached hydrogens (tertiary/aromatic N) is 3. The van der Waals surface area contributed by atoms with E-state index < -0.39 is 32.4 Å². The smallest absolute Gasteiger partial charge is 0.244 e. The zero-order valence-corrected chi connectivity index (χ0v) is 18.3. The molecule has 0 aliphatic carbocycles. The number of thiazole rings is 1. The molecule has 0 unspecified atom stereocenters. The van der Waals surface area contributed by atoms with Crippen molar-refractivity contribution < 1.29 is 26.0 Å². The van der Waals surface area contributed by atoms with Crippen LogP contribution in [0.3, 0.4) is 0 Å². The lowest BCUT2D eigenvalue weighted by Crippen LogP contribution is -2.09. The van der Waals surface area contributed by atoms with Gasteiger partial charge in [0.15, 0.2) is 15.5 Å². The molecule has 2 aromatic carbocycles. The highest BCUT2D eigenvalue weighted by Gasteiger charge is 2.37. The Morgan fingerprint density at radius 3 is 2.22 bits per heavy atom. The van der Waals surface area contributed by atoms with Gasteiger partial charge in [-0.3, -0.25) is 0 Å². The molecule has 0 aliphatic rings. The van der Waals surface area contributed by atoms with Crippen LogP contribution < -0.4 is 0 Å². The quantitative estimate of drug-likeness (QED) is 0.360. The van der Waals surface area contributed by atoms with Gasteiger partial charge in [-0.2, -0.15) is 18.3 Å². The average molecular weight is 481 g/mol. The van der Waals surface area contributed by atoms with E-state index in [9.17, 15) is 26.0 Å². The van der Waals surface area contributed by atoms with Gasteiger partial charge in [-0.15, -0.1) is 11.3 Å². The molecule has 0 saturated heterocycles. The van der Waals surface area contributed by atoms with Gasteiger partial charge in [0.1, 0.15) is 10.7 Å². The van der Waals surface area contributed by atoms with Gasteiger partial charge < -0.3 is 0 Å². The molecule has 0 amide bonds. The first-order chi connectivity index (χ1) is 14.9. The van der Waals surface area contributed by atoms with Crippen molar-refractivity contribution in [1.29, 1.82) is 0 Å². The maximum atomic E-state index is 14.3. The molecule has 4 rings (SSSR count). The molecule has 2 aromatic heterocycles. The van der Waals surface area contributed by atoms with E-state index in [0.717, 1.165) is 45.4 Å². The van der Waals surface area contributed by atoms with Gasteiger partial charge in [0.05, 0.1) is 16.9 Å². The second-order valence-corrected chi connectivity index (χ2v) is 10.1. The Labute approximate surface area is 184 Å². The van der Waals surface area contributed by atoms with Gasteiger partial charge in [0.2, 0.25) is 0 Å². The Kier molecular flexibility index (Phi) is 5.41. The van der Waals surface area contributed by atoms with E-state index in [1.165, 1.54) is 29.5 Å². The Balaban J connectivity index is 1.79. The Hall–Kier alpha value is -3.05. The van der Waals surface area contributed by atoms with Crippen LogP contribution in [-0.4, -0.2) is 29.4 Å². The molecule has 2 heterocycles. The van der Waals surface area contributed by atoms with Crippen LogP contribution in [0.4, 0.5) is 17.6 Å². The third-order valence-electron chi connectivity index (χ3n) is 4.78. The molecular formula is C21H15F4N3O2S2. The molecule has 0 fully saturated rings. The fraction of sp³-hybridized carbons (Fsp3) is 0.143. The number of aromatic nitrogens is 3. The molecule has 0 bridgehead atoms. The largest absolute Gasteiger partial charge is 0.435 e. The summed E-state index contributed by atoms with van der Waals surface area (Å²) in [6, 6.07) is 9.46. The zero-order valence-electron chi connectivity index (χ0n) is 16.7. The lowest BCUT2D eigenvalue weighted by Gasteiger charge is -2.07. The number of alkyl halides is 3. The summed E-state index contributed by atoms with van der Waals surface area (Å²) in [6.07, 6.45) is -2.77. The third kappa shape index (κ3) is 4.17. The van der Waals surface area contributed by atoms with Gasteiger partial charge >= 0.3 is 6.18 Å². The van der Waals surface area contributed by atoms with Crippen LogP contribution in [-0.2, 0) is 16.0 Å². The molecule has 32 heavy (non-hydrogen) atoms. The first kappa shape index (κ1) is 22.2. The summed E-state index contributed by atoms with van der Waals surface area (Å²) in [5.74, 6) is -1.07. The molecule has 0 aliphatic heterocycles. The molecule has 166 valence electrons. The van der Waals surface area contributed by atoms with Crippen LogP contribution in [0.2, 0.25) is 0 Å². The fourth-order valence-electron chi connectivity index (χ4n) is 3.25. The first-order valence-corrected chi connectivity index (χ1v) is 11.9. The van der Waals surface area contributed by atoms with E-state index in [2.05, 4.69) is 10.1 Å². The standard InChI is InChI=1S/C21H15F4N3O2S2/c1-12-19(26-11-31-12)14-5-3-13(4-6-14)16-10-28(27-20(16)21(23,24)25)15-7-8-18(17(22)9-15)32(2,29)30/h3-11H,1-2H3. The monoisotopic (exact) mass is 481 g/mol. The summed E-state index contributed by atoms with van der Waals surface area (Å²) in [5.41, 5.74) is 2.13. The second kappa shape index (κ2) is 7.82. The summed E-state index contributed by atoms with van der Waals surface area (Å²) in [4.78, 5) is 4.71. The molecule has 0 radical (unpaired) electrons. The number of sulfone groups is 1. The van der Waals surface area contributed by atoms with Gasteiger partial charge in [0.25, 0.3) is 0 Å². The van der Waals surface area contributed by atoms with Crippen molar-refractivity contribution in [3.05, 3.63) is 70.6 Å². The number of rotatable bonds is 4. The highest BCUT2D eigenvalue weighted by Crippen LogP contribution is 2.37. The summed E-state index contributed by atoms with van der Waals surface area (Å²) in [6.45, 7) is 1.90. The van der Waals surface area contributed by atoms with E-state index in [-0.39, 0.29) is 16.8 Å². The van der Waals surface area contributed by atoms with Crippen LogP contribution >= 0.6 is 11.3 Å². The highest BCUT2D eigenvalue weighted by atomic mass is 32.2. The minimum absolute atomic E-state index is 0.0404. The molecule has 0 saturated carbocycles. The number of benzene rings is 2. The van der Waals surface area contributed by atoms with Crippen molar-refractivity contribution in [3.63, 3.8) is 0 Å². The maximum absolute atomic E-state index is 14.3. The van der Waals surface area contributed by atoms with Crippen molar-refractivity contribution in [2.24, 2.45) is 0 Å². The number of hydrogen-bond acceptors (Lipinski definition) is 5. The van der Waals surface area contributed by atoms with Gasteiger partial charge in [-0.1, -0.05) is 24.3 Å². The summed E-state index contributed by atoms with van der Waals surface area (Å²) < 4.78 is 79.4. The Morgan fingerprint density at radius 2 is 1.69 bits per heavy atom. The van der Waals surface area contributed by atoms with Crippen LogP contribution in [0.15, 0.2) is 59.1 Å². The predicted octanol–water partition coefficient (Wildman–Crippen LogP) is 5.53. The summed E-state index contributed by atoms with van der Waals surface area (Å²) in [7, 11) is -3.82. The van der Waals surface area contributed by atoms with Crippen LogP contribution in [0.1, 0.15) is 10.6 Å². The number of halogens is 4. The topological polar surface area (TPSA) is 64.8 Å². The van der Waals surface area contributed by atoms with E-state index >= 15 is 0 Å². The van der Waals surface area contributed by atoms with Crippen molar-refractivity contribution in [2.75, 3.05) is 6.26 Å². The third-order valence-corrected chi connectivity index (χ3v) is 6.66. The Bertz CT molecular complexity index is 1410. The van der Waals surface area contributed by atoms with E-state index in [1.807, 2.05) is 6.92 Å². The van der Waals surface area contributed by atoms with Gasteiger partial charge in [-0.25, -0.2) is 22.5 Å². The van der Waals surface area contributed by atoms with Gasteiger partial charge in [0, 0.05) is 34.5 Å². The Morgan fingerprint density at radius 1 is 1.03 bits per heavy atom. The summed E-state index contributed by atoms with van der Waals surface area (Å²) in [5, 5.41) is 3.61. The molecule has 4 aromatic rings. The minimum atomic E-state index is -4.75. The molecule has 5 nitrogen and oxygen atoms in total. The van der Waals surface area contributed by atoms with Crippen LogP contribution in [0.5, 0.6) is 0 Å². The zero-order chi connectivity index (χ0) is 23.3. The highest BCUT2D eigenvalue weighted by molar-refractivity contribution is 7.90. The molecule has 11 heteroatoms. The van der Waals surface area contributed by atoms with Crippen LogP contribution in [0.25, 0.3) is 28.1 Å². The predicted molar refractivity (Wildman–Crippen MR) is 113 cm³/mol. The fourth-order valence-corrected chi connectivity index (χ4v) is 4.58. The van der Waals surface area contributed by atoms with E-state index in [4.69, 9.17) is 0 Å². The van der Waals surface area contributed by atoms with E-state index in [0.29, 0.717) is 0 Å². The molecule has 0 N–H and O–H groups in total. The second-order valence-electron chi connectivity index (χ2n) is 7.06. The number of hydrogen-bond donors (Lipinski definition) is 0. The summed E-state index contributed by atoms with van der Waals surface area (Å²) >= 11 is 1.47. The minimum Gasteiger partial charge on any atom is -0.244 e. The SMILES string of the molecule is Cc1scnc1-c1ccc(-c2cn(-c3ccc(S(C)(=O)=O)c(F)c3)nc2C(F)(F)F)cc1. The van der Waals surface area contributed by atoms with Gasteiger partial charge in [-0.05, 0) is 24.6 Å². The normalized spacial score (nSPS) is 12.3. The maximum Gasteiger partial charge on any atom is 0.435 e. The molecule has 0 atom stereocenters. The van der Waals surface area contributed by atoms with E-state index in [1.54, 1.807) is 17.6 Å². The first-order valence-electron chi connectivity index (χ1n) is 9.13. The van der Waals surface area contributed by atoms with Crippen LogP contribution in [0, 0.1) is 12.7 Å². The molecular weight excluding hydrogens is 466 g/mol. The lowest BCUT2D eigenvalue weighted by atomic mass is 10.0.